The lowest BCUT2D eigenvalue weighted by Crippen LogP contribution is -2.41. The molecule has 0 aromatic heterocycles. The van der Waals surface area contributed by atoms with Crippen LogP contribution in [0.5, 0.6) is 5.75 Å². The third kappa shape index (κ3) is 4.20. The third-order valence-electron chi connectivity index (χ3n) is 3.90. The van der Waals surface area contributed by atoms with Crippen molar-refractivity contribution in [3.05, 3.63) is 24.0 Å². The topological polar surface area (TPSA) is 75.7 Å². The highest BCUT2D eigenvalue weighted by molar-refractivity contribution is 7.89. The predicted molar refractivity (Wildman–Crippen MR) is 83.2 cm³/mol. The Labute approximate surface area is 135 Å². The largest absolute Gasteiger partial charge is 0.495 e. The molecule has 0 radical (unpaired) electrons. The van der Waals surface area contributed by atoms with Crippen LogP contribution in [0.3, 0.4) is 0 Å². The lowest BCUT2D eigenvalue weighted by Gasteiger charge is -2.20. The zero-order valence-electron chi connectivity index (χ0n) is 13.2. The second-order valence-electron chi connectivity index (χ2n) is 5.61. The lowest BCUT2D eigenvalue weighted by atomic mass is 10.2. The fraction of sp³-hybridized carbons (Fsp3) is 0.533. The summed E-state index contributed by atoms with van der Waals surface area (Å²) in [5.74, 6) is -1.01. The summed E-state index contributed by atoms with van der Waals surface area (Å²) in [6.07, 6.45) is 3.97. The number of amides is 1. The van der Waals surface area contributed by atoms with Crippen LogP contribution in [0.4, 0.5) is 4.39 Å². The Morgan fingerprint density at radius 2 is 2.04 bits per heavy atom. The van der Waals surface area contributed by atoms with E-state index in [1.165, 1.54) is 20.2 Å². The maximum absolute atomic E-state index is 13.4. The van der Waals surface area contributed by atoms with E-state index in [1.54, 1.807) is 0 Å². The highest BCUT2D eigenvalue weighted by Gasteiger charge is 2.28. The van der Waals surface area contributed by atoms with E-state index < -0.39 is 15.8 Å². The average Bonchev–Trinajstić information content (AvgIpc) is 2.99. The monoisotopic (exact) mass is 344 g/mol. The maximum atomic E-state index is 13.4. The molecule has 1 aliphatic carbocycles. The summed E-state index contributed by atoms with van der Waals surface area (Å²) in [7, 11) is -1.44. The Balaban J connectivity index is 2.12. The lowest BCUT2D eigenvalue weighted by molar-refractivity contribution is -0.121. The maximum Gasteiger partial charge on any atom is 0.247 e. The zero-order chi connectivity index (χ0) is 17.0. The molecule has 2 rings (SSSR count). The van der Waals surface area contributed by atoms with Crippen LogP contribution in [0.1, 0.15) is 25.7 Å². The van der Waals surface area contributed by atoms with Gasteiger partial charge in [0.2, 0.25) is 15.9 Å². The minimum atomic E-state index is -4.03. The number of benzene rings is 1. The Bertz CT molecular complexity index is 672. The zero-order valence-corrected chi connectivity index (χ0v) is 14.0. The Morgan fingerprint density at radius 1 is 1.39 bits per heavy atom. The van der Waals surface area contributed by atoms with E-state index in [2.05, 4.69) is 5.32 Å². The average molecular weight is 344 g/mol. The molecule has 1 fully saturated rings. The third-order valence-corrected chi connectivity index (χ3v) is 5.73. The van der Waals surface area contributed by atoms with Gasteiger partial charge in [0.05, 0.1) is 13.7 Å². The van der Waals surface area contributed by atoms with Gasteiger partial charge in [-0.2, -0.15) is 4.31 Å². The van der Waals surface area contributed by atoms with Crippen LogP contribution in [0.15, 0.2) is 23.1 Å². The number of methoxy groups -OCH3 is 1. The van der Waals surface area contributed by atoms with Gasteiger partial charge in [0.25, 0.3) is 0 Å². The molecule has 23 heavy (non-hydrogen) atoms. The van der Waals surface area contributed by atoms with E-state index in [1.807, 2.05) is 0 Å². The first-order valence-electron chi connectivity index (χ1n) is 7.44. The number of rotatable bonds is 6. The van der Waals surface area contributed by atoms with Crippen LogP contribution >= 0.6 is 0 Å². The minimum Gasteiger partial charge on any atom is -0.495 e. The van der Waals surface area contributed by atoms with E-state index in [4.69, 9.17) is 4.74 Å². The van der Waals surface area contributed by atoms with Crippen molar-refractivity contribution in [3.8, 4) is 5.75 Å². The Kier molecular flexibility index (Phi) is 5.59. The molecule has 0 heterocycles. The van der Waals surface area contributed by atoms with Gasteiger partial charge in [-0.25, -0.2) is 12.8 Å². The summed E-state index contributed by atoms with van der Waals surface area (Å²) in [5, 5.41) is 2.82. The van der Waals surface area contributed by atoms with Crippen molar-refractivity contribution in [1.29, 1.82) is 0 Å². The van der Waals surface area contributed by atoms with Gasteiger partial charge in [0.15, 0.2) is 0 Å². The quantitative estimate of drug-likeness (QED) is 0.849. The van der Waals surface area contributed by atoms with Crippen molar-refractivity contribution < 1.29 is 22.3 Å². The van der Waals surface area contributed by atoms with E-state index in [-0.39, 0.29) is 29.1 Å². The molecular formula is C15H21FN2O4S. The van der Waals surface area contributed by atoms with E-state index in [0.29, 0.717) is 0 Å². The second-order valence-corrected chi connectivity index (χ2v) is 7.62. The second kappa shape index (κ2) is 7.27. The number of carbonyl (C=O) groups excluding carboxylic acids is 1. The van der Waals surface area contributed by atoms with Crippen LogP contribution in [0, 0.1) is 5.82 Å². The van der Waals surface area contributed by atoms with Gasteiger partial charge < -0.3 is 10.1 Å². The number of ether oxygens (including phenoxy) is 1. The number of likely N-dealkylation sites (N-methyl/N-ethyl adjacent to an activating group) is 1. The standard InChI is InChI=1S/C15H21FN2O4S/c1-18(10-15(19)17-12-5-3-4-6-12)23(20,21)14-9-11(16)7-8-13(14)22-2/h7-9,12H,3-6,10H2,1-2H3,(H,17,19). The molecule has 0 spiro atoms. The molecule has 0 saturated heterocycles. The molecule has 0 atom stereocenters. The van der Waals surface area contributed by atoms with Crippen LogP contribution in [0.2, 0.25) is 0 Å². The number of hydrogen-bond acceptors (Lipinski definition) is 4. The van der Waals surface area contributed by atoms with Crippen molar-refractivity contribution in [2.24, 2.45) is 0 Å². The van der Waals surface area contributed by atoms with Gasteiger partial charge in [-0.05, 0) is 31.0 Å². The summed E-state index contributed by atoms with van der Waals surface area (Å²) >= 11 is 0. The molecule has 1 aliphatic rings. The van der Waals surface area contributed by atoms with Crippen molar-refractivity contribution in [2.45, 2.75) is 36.6 Å². The van der Waals surface area contributed by atoms with Gasteiger partial charge in [-0.3, -0.25) is 4.79 Å². The van der Waals surface area contributed by atoms with Crippen molar-refractivity contribution in [1.82, 2.24) is 9.62 Å². The van der Waals surface area contributed by atoms with E-state index in [9.17, 15) is 17.6 Å². The van der Waals surface area contributed by atoms with Crippen molar-refractivity contribution in [2.75, 3.05) is 20.7 Å². The number of sulfonamides is 1. The summed E-state index contributed by atoms with van der Waals surface area (Å²) in [6.45, 7) is -0.321. The fourth-order valence-corrected chi connectivity index (χ4v) is 3.94. The molecule has 1 aromatic rings. The Hall–Kier alpha value is -1.67. The molecule has 1 amide bonds. The predicted octanol–water partition coefficient (Wildman–Crippen LogP) is 1.51. The molecule has 0 unspecified atom stereocenters. The highest BCUT2D eigenvalue weighted by Crippen LogP contribution is 2.26. The molecule has 8 heteroatoms. The first-order valence-corrected chi connectivity index (χ1v) is 8.88. The Morgan fingerprint density at radius 3 is 2.65 bits per heavy atom. The number of nitrogens with zero attached hydrogens (tertiary/aromatic N) is 1. The molecule has 0 aliphatic heterocycles. The van der Waals surface area contributed by atoms with E-state index >= 15 is 0 Å². The molecule has 1 aromatic carbocycles. The molecule has 1 saturated carbocycles. The SMILES string of the molecule is COc1ccc(F)cc1S(=O)(=O)N(C)CC(=O)NC1CCCC1. The first kappa shape index (κ1) is 17.7. The normalized spacial score (nSPS) is 15.8. The smallest absolute Gasteiger partial charge is 0.247 e. The first-order chi connectivity index (χ1) is 10.8. The van der Waals surface area contributed by atoms with Crippen molar-refractivity contribution >= 4 is 15.9 Å². The van der Waals surface area contributed by atoms with Crippen LogP contribution in [-0.4, -0.2) is 45.4 Å². The summed E-state index contributed by atoms with van der Waals surface area (Å²) in [5.41, 5.74) is 0. The number of carbonyl (C=O) groups is 1. The molecule has 0 bridgehead atoms. The van der Waals surface area contributed by atoms with E-state index in [0.717, 1.165) is 42.1 Å². The number of hydrogen-bond donors (Lipinski definition) is 1. The molecule has 1 N–H and O–H groups in total. The van der Waals surface area contributed by atoms with Crippen molar-refractivity contribution in [3.63, 3.8) is 0 Å². The van der Waals surface area contributed by atoms with Gasteiger partial charge in [-0.1, -0.05) is 12.8 Å². The molecular weight excluding hydrogens is 323 g/mol. The van der Waals surface area contributed by atoms with Crippen LogP contribution < -0.4 is 10.1 Å². The number of nitrogens with one attached hydrogen (secondary N) is 1. The van der Waals surface area contributed by atoms with Crippen LogP contribution in [-0.2, 0) is 14.8 Å². The molecule has 128 valence electrons. The summed E-state index contributed by atoms with van der Waals surface area (Å²) in [4.78, 5) is 11.7. The minimum absolute atomic E-state index is 0.0365. The van der Waals surface area contributed by atoms with Gasteiger partial charge in [0, 0.05) is 13.1 Å². The van der Waals surface area contributed by atoms with Gasteiger partial charge >= 0.3 is 0 Å². The highest BCUT2D eigenvalue weighted by atomic mass is 32.2. The molecule has 6 nitrogen and oxygen atoms in total. The summed E-state index contributed by atoms with van der Waals surface area (Å²) < 4.78 is 44.3. The number of halogens is 1. The van der Waals surface area contributed by atoms with Gasteiger partial charge in [-0.15, -0.1) is 0 Å². The summed E-state index contributed by atoms with van der Waals surface area (Å²) in [6, 6.07) is 3.36. The van der Waals surface area contributed by atoms with Crippen LogP contribution in [0.25, 0.3) is 0 Å². The fourth-order valence-electron chi connectivity index (χ4n) is 2.65. The van der Waals surface area contributed by atoms with Gasteiger partial charge in [0.1, 0.15) is 16.5 Å².